The molecule has 0 N–H and O–H groups in total. The first-order valence-corrected chi connectivity index (χ1v) is 12.6. The first-order chi connectivity index (χ1) is 17.1. The highest BCUT2D eigenvalue weighted by Gasteiger charge is 2.09. The van der Waals surface area contributed by atoms with E-state index in [9.17, 15) is 4.79 Å². The molecule has 0 saturated carbocycles. The van der Waals surface area contributed by atoms with Gasteiger partial charge in [-0.05, 0) is 84.5 Å². The fourth-order valence-corrected chi connectivity index (χ4v) is 3.36. The van der Waals surface area contributed by atoms with Crippen molar-refractivity contribution in [1.82, 2.24) is 0 Å². The maximum Gasteiger partial charge on any atom is 0.343 e. The molecule has 4 nitrogen and oxygen atoms in total. The Morgan fingerprint density at radius 3 is 2.03 bits per heavy atom. The van der Waals surface area contributed by atoms with Gasteiger partial charge in [0.2, 0.25) is 0 Å². The van der Waals surface area contributed by atoms with Crippen LogP contribution in [0.15, 0.2) is 85.1 Å². The van der Waals surface area contributed by atoms with E-state index in [0.29, 0.717) is 23.0 Å². The van der Waals surface area contributed by atoms with E-state index in [0.717, 1.165) is 36.3 Å². The summed E-state index contributed by atoms with van der Waals surface area (Å²) in [7, 11) is 0. The van der Waals surface area contributed by atoms with Crippen LogP contribution in [0, 0.1) is 5.92 Å². The summed E-state index contributed by atoms with van der Waals surface area (Å²) >= 11 is 0. The highest BCUT2D eigenvalue weighted by molar-refractivity contribution is 5.91. The summed E-state index contributed by atoms with van der Waals surface area (Å²) in [6.45, 7) is 7.25. The van der Waals surface area contributed by atoms with E-state index in [2.05, 4.69) is 20.8 Å². The smallest absolute Gasteiger partial charge is 0.343 e. The van der Waals surface area contributed by atoms with Crippen LogP contribution in [0.4, 0.5) is 0 Å². The van der Waals surface area contributed by atoms with Crippen LogP contribution >= 0.6 is 0 Å². The van der Waals surface area contributed by atoms with Crippen LogP contribution in [0.5, 0.6) is 17.2 Å². The highest BCUT2D eigenvalue weighted by Crippen LogP contribution is 2.24. The number of benzene rings is 3. The molecule has 0 spiro atoms. The van der Waals surface area contributed by atoms with E-state index in [1.54, 1.807) is 42.7 Å². The van der Waals surface area contributed by atoms with Gasteiger partial charge in [0.1, 0.15) is 17.2 Å². The molecule has 4 heteroatoms. The lowest BCUT2D eigenvalue weighted by Gasteiger charge is -2.11. The van der Waals surface area contributed by atoms with E-state index in [1.807, 2.05) is 42.5 Å². The molecular weight excluding hydrogens is 436 g/mol. The Labute approximate surface area is 209 Å². The van der Waals surface area contributed by atoms with Gasteiger partial charge in [-0.25, -0.2) is 4.79 Å². The lowest BCUT2D eigenvalue weighted by molar-refractivity contribution is 0.0734. The third kappa shape index (κ3) is 8.64. The fourth-order valence-electron chi connectivity index (χ4n) is 3.36. The van der Waals surface area contributed by atoms with Crippen molar-refractivity contribution in [2.45, 2.75) is 52.9 Å². The molecule has 0 amide bonds. The van der Waals surface area contributed by atoms with Crippen LogP contribution in [-0.2, 0) is 0 Å². The Morgan fingerprint density at radius 1 is 0.800 bits per heavy atom. The number of hydrogen-bond acceptors (Lipinski definition) is 4. The van der Waals surface area contributed by atoms with Gasteiger partial charge in [-0.15, -0.1) is 0 Å². The minimum absolute atomic E-state index is 0.394. The van der Waals surface area contributed by atoms with Gasteiger partial charge in [-0.1, -0.05) is 64.3 Å². The Bertz CT molecular complexity index is 1050. The van der Waals surface area contributed by atoms with Crippen LogP contribution in [0.3, 0.4) is 0 Å². The molecule has 0 fully saturated rings. The number of esters is 1. The average molecular weight is 473 g/mol. The zero-order valence-corrected chi connectivity index (χ0v) is 21.0. The second-order valence-electron chi connectivity index (χ2n) is 8.77. The normalized spacial score (nSPS) is 11.9. The predicted molar refractivity (Wildman–Crippen MR) is 142 cm³/mol. The van der Waals surface area contributed by atoms with E-state index >= 15 is 0 Å². The van der Waals surface area contributed by atoms with E-state index < -0.39 is 5.97 Å². The van der Waals surface area contributed by atoms with Gasteiger partial charge in [-0.3, -0.25) is 0 Å². The fraction of sp³-hybridized carbons (Fsp3) is 0.323. The molecule has 0 bridgehead atoms. The van der Waals surface area contributed by atoms with Crippen LogP contribution in [0.2, 0.25) is 0 Å². The molecule has 0 heterocycles. The Hall–Kier alpha value is -3.53. The van der Waals surface area contributed by atoms with Gasteiger partial charge in [0.25, 0.3) is 0 Å². The molecule has 35 heavy (non-hydrogen) atoms. The van der Waals surface area contributed by atoms with Crippen LogP contribution < -0.4 is 14.2 Å². The van der Waals surface area contributed by atoms with Crippen molar-refractivity contribution in [3.8, 4) is 28.4 Å². The average Bonchev–Trinajstić information content (AvgIpc) is 2.90. The molecule has 0 aliphatic heterocycles. The number of carbonyl (C=O) groups is 1. The van der Waals surface area contributed by atoms with Crippen LogP contribution in [-0.4, -0.2) is 12.6 Å². The second-order valence-corrected chi connectivity index (χ2v) is 8.77. The summed E-state index contributed by atoms with van der Waals surface area (Å²) in [4.78, 5) is 12.6. The van der Waals surface area contributed by atoms with Crippen molar-refractivity contribution in [2.24, 2.45) is 5.92 Å². The minimum Gasteiger partial charge on any atom is -0.493 e. The molecule has 0 aliphatic rings. The molecule has 0 aromatic heterocycles. The lowest BCUT2D eigenvalue weighted by Crippen LogP contribution is -2.08. The molecule has 0 aliphatic carbocycles. The van der Waals surface area contributed by atoms with Gasteiger partial charge < -0.3 is 14.2 Å². The molecule has 3 aromatic rings. The van der Waals surface area contributed by atoms with Crippen molar-refractivity contribution in [3.63, 3.8) is 0 Å². The third-order valence-electron chi connectivity index (χ3n) is 5.85. The summed E-state index contributed by atoms with van der Waals surface area (Å²) in [5.74, 6) is 2.20. The third-order valence-corrected chi connectivity index (χ3v) is 5.85. The monoisotopic (exact) mass is 472 g/mol. The summed E-state index contributed by atoms with van der Waals surface area (Å²) in [6.07, 6.45) is 9.47. The van der Waals surface area contributed by atoms with E-state index in [-0.39, 0.29) is 0 Å². The topological polar surface area (TPSA) is 44.8 Å². The Kier molecular flexibility index (Phi) is 10.4. The van der Waals surface area contributed by atoms with Crippen LogP contribution in [0.25, 0.3) is 11.1 Å². The molecule has 0 radical (unpaired) electrons. The van der Waals surface area contributed by atoms with Crippen molar-refractivity contribution >= 4 is 5.97 Å². The number of rotatable bonds is 13. The Morgan fingerprint density at radius 2 is 1.40 bits per heavy atom. The van der Waals surface area contributed by atoms with Crippen molar-refractivity contribution in [3.05, 3.63) is 90.7 Å². The molecule has 3 rings (SSSR count). The maximum absolute atomic E-state index is 12.6. The number of unbranched alkanes of at least 4 members (excludes halogenated alkanes) is 3. The van der Waals surface area contributed by atoms with Crippen molar-refractivity contribution in [2.75, 3.05) is 6.61 Å². The van der Waals surface area contributed by atoms with E-state index in [4.69, 9.17) is 14.2 Å². The van der Waals surface area contributed by atoms with Crippen molar-refractivity contribution < 1.29 is 19.0 Å². The van der Waals surface area contributed by atoms with Crippen LogP contribution in [0.1, 0.15) is 63.2 Å². The van der Waals surface area contributed by atoms with Gasteiger partial charge in [0, 0.05) is 0 Å². The predicted octanol–water partition coefficient (Wildman–Crippen LogP) is 8.47. The number of ether oxygens (including phenoxy) is 3. The minimum atomic E-state index is -0.394. The van der Waals surface area contributed by atoms with Gasteiger partial charge in [0.15, 0.2) is 0 Å². The quantitative estimate of drug-likeness (QED) is 0.108. The van der Waals surface area contributed by atoms with Gasteiger partial charge >= 0.3 is 5.97 Å². The lowest BCUT2D eigenvalue weighted by atomic mass is 10.0. The standard InChI is InChI=1S/C31H36O4/c1-4-6-7-8-9-22-33-28-18-20-30(21-19-28)35-31(32)27-12-10-25(11-13-27)26-14-16-29(17-15-26)34-23-24(3)5-2/h9-22,24H,4-8,23H2,1-3H3/b22-9+/t24-/m0/s1. The zero-order valence-electron chi connectivity index (χ0n) is 21.0. The second kappa shape index (κ2) is 14.0. The summed E-state index contributed by atoms with van der Waals surface area (Å²) in [5.41, 5.74) is 2.59. The molecule has 0 unspecified atom stereocenters. The number of hydrogen-bond donors (Lipinski definition) is 0. The Balaban J connectivity index is 1.51. The van der Waals surface area contributed by atoms with Gasteiger partial charge in [0.05, 0.1) is 18.4 Å². The largest absolute Gasteiger partial charge is 0.493 e. The number of carbonyl (C=O) groups excluding carboxylic acids is 1. The summed E-state index contributed by atoms with van der Waals surface area (Å²) in [6, 6.07) is 22.5. The van der Waals surface area contributed by atoms with Crippen molar-refractivity contribution in [1.29, 1.82) is 0 Å². The highest BCUT2D eigenvalue weighted by atomic mass is 16.5. The molecule has 3 aromatic carbocycles. The maximum atomic E-state index is 12.6. The first kappa shape index (κ1) is 26.1. The molecule has 184 valence electrons. The molecular formula is C31H36O4. The first-order valence-electron chi connectivity index (χ1n) is 12.6. The summed E-state index contributed by atoms with van der Waals surface area (Å²) in [5, 5.41) is 0. The summed E-state index contributed by atoms with van der Waals surface area (Å²) < 4.78 is 16.9. The zero-order chi connectivity index (χ0) is 24.9. The number of allylic oxidation sites excluding steroid dienone is 1. The van der Waals surface area contributed by atoms with Gasteiger partial charge in [-0.2, -0.15) is 0 Å². The molecule has 0 saturated heterocycles. The van der Waals surface area contributed by atoms with E-state index in [1.165, 1.54) is 19.3 Å². The molecule has 1 atom stereocenters. The SMILES string of the molecule is CCCCC/C=C/Oc1ccc(OC(=O)c2ccc(-c3ccc(OC[C@@H](C)CC)cc3)cc2)cc1.